The molecule has 0 aliphatic heterocycles. The molecule has 1 aromatic carbocycles. The molecule has 0 radical (unpaired) electrons. The molecule has 0 saturated carbocycles. The van der Waals surface area contributed by atoms with Gasteiger partial charge in [-0.25, -0.2) is 0 Å². The van der Waals surface area contributed by atoms with Gasteiger partial charge in [-0.05, 0) is 23.0 Å². The van der Waals surface area contributed by atoms with Gasteiger partial charge in [0.2, 0.25) is 0 Å². The maximum atomic E-state index is 5.54. The number of hydrogen-bond acceptors (Lipinski definition) is 3. The Morgan fingerprint density at radius 3 is 1.53 bits per heavy atom. The second kappa shape index (κ2) is 5.41. The van der Waals surface area contributed by atoms with Crippen molar-refractivity contribution in [1.82, 2.24) is 0 Å². The van der Waals surface area contributed by atoms with Crippen LogP contribution >= 0.6 is 0 Å². The Labute approximate surface area is 116 Å². The Balaban J connectivity index is 3.51. The van der Waals surface area contributed by atoms with Crippen LogP contribution in [-0.2, 0) is 15.7 Å². The Kier molecular flexibility index (Phi) is 4.51. The lowest BCUT2D eigenvalue weighted by atomic mass is 9.81. The Morgan fingerprint density at radius 1 is 0.737 bits per heavy atom. The van der Waals surface area contributed by atoms with Gasteiger partial charge in [-0.1, -0.05) is 41.5 Å². The second-order valence-corrected chi connectivity index (χ2v) is 6.80. The van der Waals surface area contributed by atoms with Gasteiger partial charge in [0.25, 0.3) is 0 Å². The summed E-state index contributed by atoms with van der Waals surface area (Å²) in [7, 11) is 3.22. The molecule has 3 heteroatoms. The number of hydrogen-bond donors (Lipinski definition) is 0. The first-order chi connectivity index (χ1) is 8.61. The smallest absolute Gasteiger partial charge is 0.169 e. The standard InChI is InChI=1S/C16H26O3/c1-15(2,3)11-10-14(19-18-8)12(16(4,5)6)9-13(11)17-7/h9-10H,1-8H3. The highest BCUT2D eigenvalue weighted by Gasteiger charge is 2.26. The van der Waals surface area contributed by atoms with Crippen molar-refractivity contribution in [2.75, 3.05) is 14.2 Å². The largest absolute Gasteiger partial charge is 0.496 e. The van der Waals surface area contributed by atoms with Crippen LogP contribution in [0.1, 0.15) is 52.7 Å². The summed E-state index contributed by atoms with van der Waals surface area (Å²) in [6.45, 7) is 12.9. The molecule has 0 N–H and O–H groups in total. The molecule has 0 saturated heterocycles. The molecule has 0 amide bonds. The molecule has 0 bridgehead atoms. The fraction of sp³-hybridized carbons (Fsp3) is 0.625. The van der Waals surface area contributed by atoms with Crippen LogP contribution in [0.3, 0.4) is 0 Å². The molecular formula is C16H26O3. The third-order valence-corrected chi connectivity index (χ3v) is 3.09. The molecule has 1 rings (SSSR count). The summed E-state index contributed by atoms with van der Waals surface area (Å²) in [5.41, 5.74) is 2.11. The molecule has 0 spiro atoms. The number of ether oxygens (including phenoxy) is 1. The average Bonchev–Trinajstić information content (AvgIpc) is 2.26. The zero-order chi connectivity index (χ0) is 14.8. The predicted octanol–water partition coefficient (Wildman–Crippen LogP) is 4.23. The topological polar surface area (TPSA) is 27.7 Å². The highest BCUT2D eigenvalue weighted by atomic mass is 17.2. The van der Waals surface area contributed by atoms with Crippen molar-refractivity contribution in [1.29, 1.82) is 0 Å². The van der Waals surface area contributed by atoms with Gasteiger partial charge in [0.15, 0.2) is 5.75 Å². The Hall–Kier alpha value is -1.22. The van der Waals surface area contributed by atoms with Gasteiger partial charge in [0, 0.05) is 11.1 Å². The van der Waals surface area contributed by atoms with Crippen LogP contribution < -0.4 is 9.62 Å². The highest BCUT2D eigenvalue weighted by Crippen LogP contribution is 2.41. The third-order valence-electron chi connectivity index (χ3n) is 3.09. The molecule has 0 atom stereocenters. The third kappa shape index (κ3) is 3.63. The van der Waals surface area contributed by atoms with Crippen molar-refractivity contribution in [3.63, 3.8) is 0 Å². The summed E-state index contributed by atoms with van der Waals surface area (Å²) >= 11 is 0. The maximum absolute atomic E-state index is 5.54. The monoisotopic (exact) mass is 266 g/mol. The van der Waals surface area contributed by atoms with Crippen LogP contribution in [0.2, 0.25) is 0 Å². The maximum Gasteiger partial charge on any atom is 0.169 e. The fourth-order valence-electron chi connectivity index (χ4n) is 2.06. The van der Waals surface area contributed by atoms with E-state index in [1.807, 2.05) is 6.07 Å². The minimum absolute atomic E-state index is 0.0202. The SMILES string of the molecule is COOc1cc(C(C)(C)C)c(OC)cc1C(C)(C)C. The summed E-state index contributed by atoms with van der Waals surface area (Å²) < 4.78 is 5.54. The number of rotatable bonds is 3. The van der Waals surface area contributed by atoms with Crippen LogP contribution in [0, 0.1) is 0 Å². The Morgan fingerprint density at radius 2 is 1.16 bits per heavy atom. The Bertz CT molecular complexity index is 437. The second-order valence-electron chi connectivity index (χ2n) is 6.80. The van der Waals surface area contributed by atoms with Crippen molar-refractivity contribution < 1.29 is 14.5 Å². The molecular weight excluding hydrogens is 240 g/mol. The summed E-state index contributed by atoms with van der Waals surface area (Å²) in [5.74, 6) is 1.64. The average molecular weight is 266 g/mol. The van der Waals surface area contributed by atoms with Gasteiger partial charge >= 0.3 is 0 Å². The lowest BCUT2D eigenvalue weighted by Crippen LogP contribution is -2.18. The van der Waals surface area contributed by atoms with E-state index in [1.54, 1.807) is 7.11 Å². The van der Waals surface area contributed by atoms with Crippen LogP contribution in [0.25, 0.3) is 0 Å². The van der Waals surface area contributed by atoms with E-state index in [1.165, 1.54) is 7.11 Å². The van der Waals surface area contributed by atoms with Gasteiger partial charge in [-0.2, -0.15) is 4.89 Å². The minimum Gasteiger partial charge on any atom is -0.496 e. The summed E-state index contributed by atoms with van der Waals surface area (Å²) in [6, 6.07) is 4.07. The van der Waals surface area contributed by atoms with Crippen LogP contribution in [0.5, 0.6) is 11.5 Å². The van der Waals surface area contributed by atoms with Crippen LogP contribution in [-0.4, -0.2) is 14.2 Å². The van der Waals surface area contributed by atoms with Gasteiger partial charge in [-0.3, -0.25) is 0 Å². The van der Waals surface area contributed by atoms with E-state index < -0.39 is 0 Å². The van der Waals surface area contributed by atoms with Crippen molar-refractivity contribution in [2.45, 2.75) is 52.4 Å². The highest BCUT2D eigenvalue weighted by molar-refractivity contribution is 5.51. The molecule has 1 aromatic rings. The summed E-state index contributed by atoms with van der Waals surface area (Å²) in [5, 5.41) is 0. The van der Waals surface area contributed by atoms with Crippen molar-refractivity contribution in [3.05, 3.63) is 23.3 Å². The molecule has 0 unspecified atom stereocenters. The summed E-state index contributed by atoms with van der Waals surface area (Å²) in [6.07, 6.45) is 0. The van der Waals surface area contributed by atoms with Crippen molar-refractivity contribution >= 4 is 0 Å². The van der Waals surface area contributed by atoms with E-state index in [0.717, 1.165) is 22.6 Å². The van der Waals surface area contributed by atoms with Gasteiger partial charge in [0.1, 0.15) is 5.75 Å². The molecule has 19 heavy (non-hydrogen) atoms. The van der Waals surface area contributed by atoms with Gasteiger partial charge in [-0.15, -0.1) is 0 Å². The zero-order valence-corrected chi connectivity index (χ0v) is 13.4. The van der Waals surface area contributed by atoms with E-state index in [9.17, 15) is 0 Å². The lowest BCUT2D eigenvalue weighted by Gasteiger charge is -2.27. The normalized spacial score (nSPS) is 12.4. The van der Waals surface area contributed by atoms with Crippen molar-refractivity contribution in [2.24, 2.45) is 0 Å². The molecule has 3 nitrogen and oxygen atoms in total. The molecule has 0 heterocycles. The minimum atomic E-state index is -0.0441. The van der Waals surface area contributed by atoms with Crippen LogP contribution in [0.4, 0.5) is 0 Å². The van der Waals surface area contributed by atoms with Gasteiger partial charge in [0.05, 0.1) is 14.2 Å². The first-order valence-electron chi connectivity index (χ1n) is 6.55. The van der Waals surface area contributed by atoms with Crippen LogP contribution in [0.15, 0.2) is 12.1 Å². The molecule has 0 aromatic heterocycles. The molecule has 0 fully saturated rings. The first kappa shape index (κ1) is 15.8. The lowest BCUT2D eigenvalue weighted by molar-refractivity contribution is -0.179. The van der Waals surface area contributed by atoms with E-state index in [-0.39, 0.29) is 10.8 Å². The number of benzene rings is 1. The first-order valence-corrected chi connectivity index (χ1v) is 6.55. The van der Waals surface area contributed by atoms with Gasteiger partial charge < -0.3 is 9.62 Å². The van der Waals surface area contributed by atoms with Crippen molar-refractivity contribution in [3.8, 4) is 11.5 Å². The van der Waals surface area contributed by atoms with E-state index in [0.29, 0.717) is 0 Å². The zero-order valence-electron chi connectivity index (χ0n) is 13.4. The fourth-order valence-corrected chi connectivity index (χ4v) is 2.06. The predicted molar refractivity (Wildman–Crippen MR) is 78.0 cm³/mol. The molecule has 108 valence electrons. The molecule has 0 aliphatic carbocycles. The van der Waals surface area contributed by atoms with E-state index >= 15 is 0 Å². The molecule has 0 aliphatic rings. The quantitative estimate of drug-likeness (QED) is 0.605. The number of methoxy groups -OCH3 is 1. The van der Waals surface area contributed by atoms with E-state index in [4.69, 9.17) is 14.5 Å². The van der Waals surface area contributed by atoms with E-state index in [2.05, 4.69) is 47.6 Å². The summed E-state index contributed by atoms with van der Waals surface area (Å²) in [4.78, 5) is 10.2.